The van der Waals surface area contributed by atoms with Crippen molar-refractivity contribution in [3.63, 3.8) is 0 Å². The molecule has 5 nitrogen and oxygen atoms in total. The summed E-state index contributed by atoms with van der Waals surface area (Å²) in [5, 5.41) is 3.39. The van der Waals surface area contributed by atoms with Crippen molar-refractivity contribution in [2.24, 2.45) is 5.92 Å². The van der Waals surface area contributed by atoms with Crippen molar-refractivity contribution >= 4 is 18.3 Å². The molecule has 3 atom stereocenters. The molecule has 0 radical (unpaired) electrons. The van der Waals surface area contributed by atoms with Gasteiger partial charge in [-0.3, -0.25) is 9.59 Å². The summed E-state index contributed by atoms with van der Waals surface area (Å²) < 4.78 is 1.95. The molecule has 4 heterocycles. The van der Waals surface area contributed by atoms with Crippen molar-refractivity contribution in [2.45, 2.75) is 44.2 Å². The van der Waals surface area contributed by atoms with Gasteiger partial charge in [-0.25, -0.2) is 0 Å². The smallest absolute Gasteiger partial charge is 0.251 e. The third kappa shape index (κ3) is 3.86. The van der Waals surface area contributed by atoms with E-state index in [2.05, 4.69) is 16.3 Å². The van der Waals surface area contributed by atoms with Crippen LogP contribution in [0.2, 0.25) is 0 Å². The summed E-state index contributed by atoms with van der Waals surface area (Å²) in [7, 11) is 0. The van der Waals surface area contributed by atoms with Gasteiger partial charge in [0, 0.05) is 37.3 Å². The maximum Gasteiger partial charge on any atom is 0.251 e. The molecule has 1 aromatic heterocycles. The molecule has 6 heteroatoms. The van der Waals surface area contributed by atoms with Crippen LogP contribution >= 0.6 is 12.4 Å². The standard InChI is InChI=1S/C23H27N3O2.ClH/c27-22-12-18(17-6-2-1-3-7-17)11-21-19-10-16(14-26(21)22)13-25(15-19)23(28)20-8-4-5-9-24-20;/h1-3,6-7,11-12,16,19-20,24H,4-5,8-10,13-15H2;1H/t16-,19+,20-;/m0./s1. The van der Waals surface area contributed by atoms with Gasteiger partial charge in [0.15, 0.2) is 0 Å². The topological polar surface area (TPSA) is 54.3 Å². The normalized spacial score (nSPS) is 25.7. The Labute approximate surface area is 177 Å². The summed E-state index contributed by atoms with van der Waals surface area (Å²) in [5.74, 6) is 0.875. The Morgan fingerprint density at radius 2 is 1.83 bits per heavy atom. The van der Waals surface area contributed by atoms with Crippen molar-refractivity contribution in [3.8, 4) is 11.1 Å². The fourth-order valence-electron chi connectivity index (χ4n) is 5.22. The number of benzene rings is 1. The highest BCUT2D eigenvalue weighted by Crippen LogP contribution is 2.37. The minimum Gasteiger partial charge on any atom is -0.340 e. The van der Waals surface area contributed by atoms with Gasteiger partial charge in [0.2, 0.25) is 5.91 Å². The highest BCUT2D eigenvalue weighted by atomic mass is 35.5. The van der Waals surface area contributed by atoms with Crippen molar-refractivity contribution < 1.29 is 4.79 Å². The molecule has 1 N–H and O–H groups in total. The third-order valence-corrected chi connectivity index (χ3v) is 6.58. The highest BCUT2D eigenvalue weighted by molar-refractivity contribution is 5.85. The average Bonchev–Trinajstić information content (AvgIpc) is 2.75. The summed E-state index contributed by atoms with van der Waals surface area (Å²) in [5.41, 5.74) is 3.23. The van der Waals surface area contributed by atoms with E-state index in [0.29, 0.717) is 5.92 Å². The van der Waals surface area contributed by atoms with Gasteiger partial charge in [-0.2, -0.15) is 0 Å². The number of piperidine rings is 2. The maximum atomic E-state index is 13.0. The van der Waals surface area contributed by atoms with E-state index in [-0.39, 0.29) is 35.8 Å². The quantitative estimate of drug-likeness (QED) is 0.823. The van der Waals surface area contributed by atoms with Crippen molar-refractivity contribution in [1.29, 1.82) is 0 Å². The number of likely N-dealkylation sites (tertiary alicyclic amines) is 1. The summed E-state index contributed by atoms with van der Waals surface area (Å²) in [6, 6.07) is 14.0. The molecular formula is C23H28ClN3O2. The number of amides is 1. The van der Waals surface area contributed by atoms with Gasteiger partial charge in [0.05, 0.1) is 6.04 Å². The molecule has 3 aliphatic rings. The highest BCUT2D eigenvalue weighted by Gasteiger charge is 2.38. The molecule has 29 heavy (non-hydrogen) atoms. The van der Waals surface area contributed by atoms with Crippen LogP contribution in [0.5, 0.6) is 0 Å². The summed E-state index contributed by atoms with van der Waals surface area (Å²) in [6.07, 6.45) is 4.30. The Morgan fingerprint density at radius 3 is 2.59 bits per heavy atom. The van der Waals surface area contributed by atoms with Gasteiger partial charge >= 0.3 is 0 Å². The number of rotatable bonds is 2. The molecular weight excluding hydrogens is 386 g/mol. The van der Waals surface area contributed by atoms with Crippen LogP contribution in [0.4, 0.5) is 0 Å². The molecule has 1 aromatic carbocycles. The number of nitrogens with one attached hydrogen (secondary N) is 1. The van der Waals surface area contributed by atoms with Crippen LogP contribution in [0, 0.1) is 5.92 Å². The predicted molar refractivity (Wildman–Crippen MR) is 116 cm³/mol. The Hall–Kier alpha value is -2.11. The van der Waals surface area contributed by atoms with Gasteiger partial charge in [0.25, 0.3) is 5.56 Å². The van der Waals surface area contributed by atoms with Crippen LogP contribution in [0.25, 0.3) is 11.1 Å². The van der Waals surface area contributed by atoms with Gasteiger partial charge in [0.1, 0.15) is 0 Å². The van der Waals surface area contributed by atoms with Crippen molar-refractivity contribution in [3.05, 3.63) is 58.5 Å². The molecule has 5 rings (SSSR count). The molecule has 0 spiro atoms. The zero-order valence-corrected chi connectivity index (χ0v) is 17.4. The number of carbonyl (C=O) groups is 1. The SMILES string of the molecule is Cl.O=C([C@@H]1CCCCN1)N1C[C@@H]2C[C@H](C1)c1cc(-c3ccccc3)cc(=O)n1C2. The number of carbonyl (C=O) groups excluding carboxylic acids is 1. The van der Waals surface area contributed by atoms with Gasteiger partial charge in [-0.05, 0) is 48.9 Å². The lowest BCUT2D eigenvalue weighted by Crippen LogP contribution is -2.55. The number of pyridine rings is 1. The molecule has 1 amide bonds. The number of nitrogens with zero attached hydrogens (tertiary/aromatic N) is 2. The fourth-order valence-corrected chi connectivity index (χ4v) is 5.22. The zero-order valence-electron chi connectivity index (χ0n) is 16.5. The van der Waals surface area contributed by atoms with E-state index in [1.807, 2.05) is 34.9 Å². The van der Waals surface area contributed by atoms with Crippen LogP contribution in [0.1, 0.15) is 37.3 Å². The first-order chi connectivity index (χ1) is 13.7. The number of fused-ring (bicyclic) bond motifs is 4. The maximum absolute atomic E-state index is 13.0. The minimum atomic E-state index is -0.0228. The van der Waals surface area contributed by atoms with Gasteiger partial charge in [-0.15, -0.1) is 12.4 Å². The molecule has 0 saturated carbocycles. The molecule has 2 aromatic rings. The first kappa shape index (κ1) is 20.2. The van der Waals surface area contributed by atoms with E-state index in [4.69, 9.17) is 0 Å². The third-order valence-electron chi connectivity index (χ3n) is 6.58. The van der Waals surface area contributed by atoms with E-state index in [9.17, 15) is 9.59 Å². The van der Waals surface area contributed by atoms with Crippen LogP contribution < -0.4 is 10.9 Å². The monoisotopic (exact) mass is 413 g/mol. The van der Waals surface area contributed by atoms with Gasteiger partial charge in [-0.1, -0.05) is 36.8 Å². The van der Waals surface area contributed by atoms with E-state index in [0.717, 1.165) is 68.7 Å². The Bertz CT molecular complexity index is 937. The average molecular weight is 414 g/mol. The zero-order chi connectivity index (χ0) is 19.1. The lowest BCUT2D eigenvalue weighted by atomic mass is 9.82. The largest absolute Gasteiger partial charge is 0.340 e. The molecule has 3 aliphatic heterocycles. The van der Waals surface area contributed by atoms with Crippen LogP contribution in [-0.2, 0) is 11.3 Å². The molecule has 0 unspecified atom stereocenters. The molecule has 0 aliphatic carbocycles. The van der Waals surface area contributed by atoms with E-state index in [1.165, 1.54) is 0 Å². The summed E-state index contributed by atoms with van der Waals surface area (Å²) in [6.45, 7) is 3.17. The van der Waals surface area contributed by atoms with Crippen LogP contribution in [0.3, 0.4) is 0 Å². The van der Waals surface area contributed by atoms with E-state index in [1.54, 1.807) is 6.07 Å². The van der Waals surface area contributed by atoms with Crippen LogP contribution in [-0.4, -0.2) is 41.1 Å². The van der Waals surface area contributed by atoms with E-state index < -0.39 is 0 Å². The lowest BCUT2D eigenvalue weighted by Gasteiger charge is -2.44. The molecule has 2 bridgehead atoms. The first-order valence-electron chi connectivity index (χ1n) is 10.5. The second-order valence-corrected chi connectivity index (χ2v) is 8.53. The second-order valence-electron chi connectivity index (χ2n) is 8.53. The summed E-state index contributed by atoms with van der Waals surface area (Å²) in [4.78, 5) is 27.9. The second kappa shape index (κ2) is 8.33. The van der Waals surface area contributed by atoms with Crippen molar-refractivity contribution in [2.75, 3.05) is 19.6 Å². The Kier molecular flexibility index (Phi) is 5.79. The predicted octanol–water partition coefficient (Wildman–Crippen LogP) is 3.02. The molecule has 2 saturated heterocycles. The van der Waals surface area contributed by atoms with Crippen molar-refractivity contribution in [1.82, 2.24) is 14.8 Å². The summed E-state index contributed by atoms with van der Waals surface area (Å²) >= 11 is 0. The number of hydrogen-bond acceptors (Lipinski definition) is 3. The minimum absolute atomic E-state index is 0. The lowest BCUT2D eigenvalue weighted by molar-refractivity contribution is -0.136. The Morgan fingerprint density at radius 1 is 1.00 bits per heavy atom. The van der Waals surface area contributed by atoms with Crippen LogP contribution in [0.15, 0.2) is 47.3 Å². The number of halogens is 1. The Balaban J connectivity index is 0.00000205. The van der Waals surface area contributed by atoms with Gasteiger partial charge < -0.3 is 14.8 Å². The number of hydrogen-bond donors (Lipinski definition) is 1. The molecule has 154 valence electrons. The van der Waals surface area contributed by atoms with E-state index >= 15 is 0 Å². The fraction of sp³-hybridized carbons (Fsp3) is 0.478. The molecule has 2 fully saturated rings. The number of aromatic nitrogens is 1. The first-order valence-corrected chi connectivity index (χ1v) is 10.5.